The van der Waals surface area contributed by atoms with Crippen molar-refractivity contribution < 1.29 is 14.6 Å². The molecule has 0 bridgehead atoms. The van der Waals surface area contributed by atoms with Gasteiger partial charge in [-0.05, 0) is 117 Å². The molecule has 0 aromatic heterocycles. The number of allylic oxidation sites excluding steroid dienone is 4. The molecule has 1 N–H and O–H groups in total. The normalized spacial score (nSPS) is 33.0. The van der Waals surface area contributed by atoms with Crippen LogP contribution in [0.1, 0.15) is 183 Å². The van der Waals surface area contributed by atoms with Crippen molar-refractivity contribution in [2.24, 2.45) is 46.3 Å². The summed E-state index contributed by atoms with van der Waals surface area (Å²) in [6.45, 7) is 14.8. The lowest BCUT2D eigenvalue weighted by Crippen LogP contribution is -2.51. The number of carbonyl (C=O) groups is 1. The lowest BCUT2D eigenvalue weighted by Gasteiger charge is -2.58. The second-order valence-corrected chi connectivity index (χ2v) is 17.8. The molecule has 3 fully saturated rings. The highest BCUT2D eigenvalue weighted by molar-refractivity contribution is 5.69. The molecule has 0 amide bonds. The summed E-state index contributed by atoms with van der Waals surface area (Å²) in [4.78, 5) is 12.8. The van der Waals surface area contributed by atoms with Crippen LogP contribution in [0.25, 0.3) is 0 Å². The van der Waals surface area contributed by atoms with Gasteiger partial charge in [-0.15, -0.1) is 0 Å². The Hall–Kier alpha value is -1.35. The van der Waals surface area contributed by atoms with Gasteiger partial charge in [0.15, 0.2) is 0 Å². The van der Waals surface area contributed by atoms with Crippen molar-refractivity contribution in [3.05, 3.63) is 36.0 Å². The highest BCUT2D eigenvalue weighted by Gasteiger charge is 2.59. The maximum atomic E-state index is 12.8. The zero-order valence-electron chi connectivity index (χ0n) is 32.3. The van der Waals surface area contributed by atoms with Crippen molar-refractivity contribution in [1.29, 1.82) is 0 Å². The Labute approximate surface area is 297 Å². The Morgan fingerprint density at radius 1 is 0.896 bits per heavy atom. The maximum absolute atomic E-state index is 12.8. The molecular weight excluding hydrogens is 588 g/mol. The number of fused-ring (bicyclic) bond motifs is 5. The fraction of sp³-hybridized carbons (Fsp3) is 0.844. The average molecular weight is 665 g/mol. The van der Waals surface area contributed by atoms with Gasteiger partial charge >= 0.3 is 5.97 Å². The van der Waals surface area contributed by atoms with Crippen LogP contribution in [-0.2, 0) is 9.53 Å². The van der Waals surface area contributed by atoms with Gasteiger partial charge in [0.2, 0.25) is 0 Å². The standard InChI is InChI=1S/C45H76O3/c1-7-8-9-10-11-13-16-22-37(46)23-17-14-12-15-18-24-43(47)48-38-29-31-44(5)36(33-38)25-26-39-41-28-27-40(35(4)21-19-20-34(2)3)45(41,6)32-30-42(39)44/h11,13,16,22,25,34-35,37-42,46H,7-10,12,14-15,17-21,23-24,26-33H2,1-6H3/t35?,37-,38?,39?,40?,41?,42?,44+,45-/m1/s1. The summed E-state index contributed by atoms with van der Waals surface area (Å²) in [5, 5.41) is 10.2. The third-order valence-electron chi connectivity index (χ3n) is 14.0. The van der Waals surface area contributed by atoms with Crippen LogP contribution >= 0.6 is 0 Å². The van der Waals surface area contributed by atoms with E-state index in [4.69, 9.17) is 4.74 Å². The molecule has 274 valence electrons. The number of unbranched alkanes of at least 4 members (excludes halogenated alkanes) is 7. The summed E-state index contributed by atoms with van der Waals surface area (Å²) >= 11 is 0. The molecule has 4 aliphatic carbocycles. The molecule has 4 rings (SSSR count). The second kappa shape index (κ2) is 19.3. The van der Waals surface area contributed by atoms with Gasteiger partial charge in [0.1, 0.15) is 6.10 Å². The van der Waals surface area contributed by atoms with Crippen LogP contribution in [0.3, 0.4) is 0 Å². The first-order valence-corrected chi connectivity index (χ1v) is 21.0. The number of carbonyl (C=O) groups excluding carboxylic acids is 1. The fourth-order valence-electron chi connectivity index (χ4n) is 11.1. The summed E-state index contributed by atoms with van der Waals surface area (Å²) in [7, 11) is 0. The predicted molar refractivity (Wildman–Crippen MR) is 204 cm³/mol. The predicted octanol–water partition coefficient (Wildman–Crippen LogP) is 12.7. The number of esters is 1. The highest BCUT2D eigenvalue weighted by Crippen LogP contribution is 2.67. The van der Waals surface area contributed by atoms with Gasteiger partial charge < -0.3 is 9.84 Å². The van der Waals surface area contributed by atoms with Crippen molar-refractivity contribution in [2.45, 2.75) is 195 Å². The molecule has 4 aliphatic rings. The second-order valence-electron chi connectivity index (χ2n) is 17.8. The highest BCUT2D eigenvalue weighted by atomic mass is 16.5. The van der Waals surface area contributed by atoms with Gasteiger partial charge in [-0.1, -0.05) is 135 Å². The molecule has 0 spiro atoms. The van der Waals surface area contributed by atoms with Crippen LogP contribution in [0, 0.1) is 46.3 Å². The Balaban J connectivity index is 1.13. The topological polar surface area (TPSA) is 46.5 Å². The van der Waals surface area contributed by atoms with E-state index in [-0.39, 0.29) is 18.2 Å². The molecule has 0 radical (unpaired) electrons. The molecule has 0 heterocycles. The molecule has 9 atom stereocenters. The van der Waals surface area contributed by atoms with Gasteiger partial charge in [-0.25, -0.2) is 0 Å². The molecule has 3 heteroatoms. The molecule has 6 unspecified atom stereocenters. The summed E-state index contributed by atoms with van der Waals surface area (Å²) in [6, 6.07) is 0. The van der Waals surface area contributed by atoms with Crippen LogP contribution in [0.4, 0.5) is 0 Å². The van der Waals surface area contributed by atoms with E-state index in [9.17, 15) is 9.90 Å². The van der Waals surface area contributed by atoms with Crippen molar-refractivity contribution in [2.75, 3.05) is 0 Å². The largest absolute Gasteiger partial charge is 0.462 e. The Bertz CT molecular complexity index is 1050. The van der Waals surface area contributed by atoms with Gasteiger partial charge in [-0.3, -0.25) is 4.79 Å². The number of hydrogen-bond donors (Lipinski definition) is 1. The van der Waals surface area contributed by atoms with E-state index in [0.717, 1.165) is 93.3 Å². The first-order valence-electron chi connectivity index (χ1n) is 21.0. The number of aliphatic hydroxyl groups is 1. The summed E-state index contributed by atoms with van der Waals surface area (Å²) in [6.07, 6.45) is 36.4. The van der Waals surface area contributed by atoms with E-state index < -0.39 is 0 Å². The first kappa shape index (κ1) is 39.4. The third kappa shape index (κ3) is 10.6. The lowest BCUT2D eigenvalue weighted by atomic mass is 9.47. The zero-order valence-corrected chi connectivity index (χ0v) is 32.3. The summed E-state index contributed by atoms with van der Waals surface area (Å²) in [5.74, 6) is 5.18. The first-order chi connectivity index (χ1) is 23.1. The third-order valence-corrected chi connectivity index (χ3v) is 14.0. The van der Waals surface area contributed by atoms with Gasteiger partial charge in [0.25, 0.3) is 0 Å². The van der Waals surface area contributed by atoms with Crippen molar-refractivity contribution >= 4 is 5.97 Å². The molecule has 3 nitrogen and oxygen atoms in total. The molecule has 0 aromatic carbocycles. The van der Waals surface area contributed by atoms with E-state index >= 15 is 0 Å². The number of aliphatic hydroxyl groups excluding tert-OH is 1. The molecule has 0 saturated heterocycles. The smallest absolute Gasteiger partial charge is 0.306 e. The van der Waals surface area contributed by atoms with Gasteiger partial charge in [0, 0.05) is 12.8 Å². The zero-order chi connectivity index (χ0) is 34.6. The summed E-state index contributed by atoms with van der Waals surface area (Å²) < 4.78 is 6.10. The number of ether oxygens (including phenoxy) is 1. The molecule has 0 aliphatic heterocycles. The minimum absolute atomic E-state index is 0.00846. The van der Waals surface area contributed by atoms with Crippen LogP contribution in [0.15, 0.2) is 36.0 Å². The van der Waals surface area contributed by atoms with Gasteiger partial charge in [-0.2, -0.15) is 0 Å². The van der Waals surface area contributed by atoms with E-state index in [2.05, 4.69) is 59.8 Å². The van der Waals surface area contributed by atoms with E-state index in [1.54, 1.807) is 5.57 Å². The molecular formula is C45H76O3. The van der Waals surface area contributed by atoms with Gasteiger partial charge in [0.05, 0.1) is 6.10 Å². The Morgan fingerprint density at radius 3 is 2.48 bits per heavy atom. The van der Waals surface area contributed by atoms with Crippen LogP contribution in [-0.4, -0.2) is 23.3 Å². The van der Waals surface area contributed by atoms with Crippen LogP contribution in [0.2, 0.25) is 0 Å². The number of hydrogen-bond acceptors (Lipinski definition) is 3. The summed E-state index contributed by atoms with van der Waals surface area (Å²) in [5.41, 5.74) is 2.46. The van der Waals surface area contributed by atoms with E-state index in [1.807, 2.05) is 12.2 Å². The van der Waals surface area contributed by atoms with Crippen LogP contribution < -0.4 is 0 Å². The quantitative estimate of drug-likeness (QED) is 0.0610. The molecule has 0 aromatic rings. The lowest BCUT2D eigenvalue weighted by molar-refractivity contribution is -0.151. The minimum atomic E-state index is -0.353. The van der Waals surface area contributed by atoms with Crippen molar-refractivity contribution in [3.63, 3.8) is 0 Å². The van der Waals surface area contributed by atoms with Crippen LogP contribution in [0.5, 0.6) is 0 Å². The Kier molecular flexibility index (Phi) is 15.9. The van der Waals surface area contributed by atoms with Crippen molar-refractivity contribution in [1.82, 2.24) is 0 Å². The maximum Gasteiger partial charge on any atom is 0.306 e. The monoisotopic (exact) mass is 665 g/mol. The average Bonchev–Trinajstić information content (AvgIpc) is 3.41. The van der Waals surface area contributed by atoms with E-state index in [1.165, 1.54) is 77.0 Å². The van der Waals surface area contributed by atoms with Crippen molar-refractivity contribution in [3.8, 4) is 0 Å². The Morgan fingerprint density at radius 2 is 1.69 bits per heavy atom. The fourth-order valence-corrected chi connectivity index (χ4v) is 11.1. The number of rotatable bonds is 20. The molecule has 48 heavy (non-hydrogen) atoms. The van der Waals surface area contributed by atoms with E-state index in [0.29, 0.717) is 17.3 Å². The minimum Gasteiger partial charge on any atom is -0.462 e. The SMILES string of the molecule is CCCCCC=CC=C[C@@H](O)CCCCCCCC(=O)OC1CC[C@@]2(C)C(=CCC3C4CCC(C(C)CCCC(C)C)[C@@]4(C)CCC32)C1. The molecule has 3 saturated carbocycles.